The maximum absolute atomic E-state index is 13.3. The fourth-order valence-corrected chi connectivity index (χ4v) is 6.87. The number of nitrogens with one attached hydrogen (secondary N) is 1. The minimum absolute atomic E-state index is 0.197. The Balaban J connectivity index is 1.79. The van der Waals surface area contributed by atoms with Gasteiger partial charge in [0.1, 0.15) is 22.1 Å². The van der Waals surface area contributed by atoms with E-state index < -0.39 is 47.2 Å². The Kier molecular flexibility index (Phi) is 6.66. The monoisotopic (exact) mass is 537 g/mol. The molecule has 1 aromatic heterocycles. The van der Waals surface area contributed by atoms with Crippen molar-refractivity contribution in [3.05, 3.63) is 57.8 Å². The van der Waals surface area contributed by atoms with Gasteiger partial charge in [-0.25, -0.2) is 17.4 Å². The van der Waals surface area contributed by atoms with Gasteiger partial charge in [0.2, 0.25) is 0 Å². The second-order valence-corrected chi connectivity index (χ2v) is 11.6. The van der Waals surface area contributed by atoms with Crippen molar-refractivity contribution in [1.29, 1.82) is 0 Å². The highest BCUT2D eigenvalue weighted by atomic mass is 35.5. The normalized spacial score (nSPS) is 14.5. The van der Waals surface area contributed by atoms with Crippen LogP contribution in [-0.4, -0.2) is 19.6 Å². The molecule has 2 N–H and O–H groups in total. The van der Waals surface area contributed by atoms with E-state index in [1.165, 1.54) is 18.2 Å². The Hall–Kier alpha value is -1.40. The molecule has 0 aliphatic heterocycles. The van der Waals surface area contributed by atoms with Crippen LogP contribution in [0.5, 0.6) is 5.75 Å². The average molecular weight is 538 g/mol. The summed E-state index contributed by atoms with van der Waals surface area (Å²) in [4.78, 5) is 9.86. The Labute approximate surface area is 186 Å². The molecule has 3 aromatic rings. The number of hydrogen-bond acceptors (Lipinski definition) is 5. The average Bonchev–Trinajstić information content (AvgIpc) is 3.12. The van der Waals surface area contributed by atoms with Gasteiger partial charge in [-0.15, -0.1) is 11.3 Å². The van der Waals surface area contributed by atoms with E-state index >= 15 is 0 Å². The Morgan fingerprint density at radius 1 is 1.13 bits per heavy atom. The third kappa shape index (κ3) is 5.51. The summed E-state index contributed by atoms with van der Waals surface area (Å²) in [5.74, 6) is -2.37. The van der Waals surface area contributed by atoms with Crippen molar-refractivity contribution in [2.45, 2.75) is 10.4 Å². The summed E-state index contributed by atoms with van der Waals surface area (Å²) in [6.45, 7) is 0. The van der Waals surface area contributed by atoms with Crippen molar-refractivity contribution in [2.24, 2.45) is 0 Å². The summed E-state index contributed by atoms with van der Waals surface area (Å²) in [5.41, 5.74) is -1.70. The standard InChI is InChI=1S/C16H10Cl2F4NO5PS2/c17-11-2-3-12(18)15-9(11)6-14(30-15)31(26,27)23-7-29(24,25)28-8-1-4-13(19)10(5-8)16(20,21)22/h1-6,23H,7H2,(H,24,25). The van der Waals surface area contributed by atoms with Gasteiger partial charge in [0.05, 0.1) is 15.3 Å². The molecule has 0 radical (unpaired) electrons. The van der Waals surface area contributed by atoms with Crippen molar-refractivity contribution in [3.63, 3.8) is 0 Å². The van der Waals surface area contributed by atoms with Crippen LogP contribution in [-0.2, 0) is 20.8 Å². The lowest BCUT2D eigenvalue weighted by Gasteiger charge is -2.15. The molecule has 0 spiro atoms. The molecule has 15 heteroatoms. The highest BCUT2D eigenvalue weighted by molar-refractivity contribution is 7.92. The first-order chi connectivity index (χ1) is 14.2. The van der Waals surface area contributed by atoms with Gasteiger partial charge < -0.3 is 9.42 Å². The van der Waals surface area contributed by atoms with Gasteiger partial charge in [-0.1, -0.05) is 23.2 Å². The molecule has 0 amide bonds. The Morgan fingerprint density at radius 3 is 2.39 bits per heavy atom. The molecule has 3 rings (SSSR count). The summed E-state index contributed by atoms with van der Waals surface area (Å²) in [7, 11) is -9.12. The molecule has 2 aromatic carbocycles. The number of hydrogen-bond donors (Lipinski definition) is 2. The maximum atomic E-state index is 13.3. The molecular formula is C16H10Cl2F4NO5PS2. The quantitative estimate of drug-likeness (QED) is 0.303. The van der Waals surface area contributed by atoms with E-state index in [1.54, 1.807) is 0 Å². The van der Waals surface area contributed by atoms with Crippen molar-refractivity contribution in [1.82, 2.24) is 4.72 Å². The number of halogens is 6. The number of rotatable bonds is 6. The fraction of sp³-hybridized carbons (Fsp3) is 0.125. The summed E-state index contributed by atoms with van der Waals surface area (Å²) >= 11 is 12.8. The lowest BCUT2D eigenvalue weighted by molar-refractivity contribution is -0.140. The first-order valence-electron chi connectivity index (χ1n) is 7.95. The number of benzene rings is 2. The predicted molar refractivity (Wildman–Crippen MR) is 109 cm³/mol. The zero-order chi connectivity index (χ0) is 23.2. The third-order valence-corrected chi connectivity index (χ3v) is 8.84. The Morgan fingerprint density at radius 2 is 1.77 bits per heavy atom. The van der Waals surface area contributed by atoms with Crippen molar-refractivity contribution >= 4 is 62.2 Å². The largest absolute Gasteiger partial charge is 0.424 e. The minimum atomic E-state index is -5.06. The molecule has 6 nitrogen and oxygen atoms in total. The molecule has 0 saturated carbocycles. The van der Waals surface area contributed by atoms with E-state index in [0.717, 1.165) is 11.3 Å². The lowest BCUT2D eigenvalue weighted by Crippen LogP contribution is -2.25. The van der Waals surface area contributed by atoms with E-state index in [1.807, 2.05) is 4.72 Å². The van der Waals surface area contributed by atoms with Gasteiger partial charge in [-0.3, -0.25) is 0 Å². The van der Waals surface area contributed by atoms with Crippen molar-refractivity contribution in [2.75, 3.05) is 6.29 Å². The Bertz CT molecular complexity index is 1270. The fourth-order valence-electron chi connectivity index (χ4n) is 2.38. The SMILES string of the molecule is O=P(O)(CNS(=O)(=O)c1cc2c(Cl)ccc(Cl)c2s1)Oc1ccc(F)c(C(F)(F)F)c1. The maximum Gasteiger partial charge on any atom is 0.419 e. The smallest absolute Gasteiger partial charge is 0.419 e. The van der Waals surface area contributed by atoms with Crippen LogP contribution in [0.25, 0.3) is 10.1 Å². The zero-order valence-electron chi connectivity index (χ0n) is 14.8. The molecule has 0 fully saturated rings. The lowest BCUT2D eigenvalue weighted by atomic mass is 10.2. The molecule has 0 aliphatic carbocycles. The minimum Gasteiger partial charge on any atom is -0.424 e. The second kappa shape index (κ2) is 8.51. The second-order valence-electron chi connectivity index (χ2n) is 6.01. The van der Waals surface area contributed by atoms with Crippen LogP contribution < -0.4 is 9.25 Å². The molecule has 1 atom stereocenters. The van der Waals surface area contributed by atoms with Gasteiger partial charge in [-0.2, -0.15) is 17.9 Å². The summed E-state index contributed by atoms with van der Waals surface area (Å²) in [6, 6.07) is 5.47. The van der Waals surface area contributed by atoms with E-state index in [-0.39, 0.29) is 20.3 Å². The van der Waals surface area contributed by atoms with Gasteiger partial charge in [-0.05, 0) is 36.4 Å². The van der Waals surface area contributed by atoms with Gasteiger partial charge in [0.25, 0.3) is 10.0 Å². The molecule has 0 aliphatic rings. The van der Waals surface area contributed by atoms with Crippen LogP contribution in [0.2, 0.25) is 10.0 Å². The van der Waals surface area contributed by atoms with Crippen LogP contribution in [0, 0.1) is 5.82 Å². The van der Waals surface area contributed by atoms with Crippen LogP contribution in [0.1, 0.15) is 5.56 Å². The molecule has 0 bridgehead atoms. The summed E-state index contributed by atoms with van der Waals surface area (Å²) < 4.78 is 95.3. The van der Waals surface area contributed by atoms with Crippen LogP contribution >= 0.6 is 42.1 Å². The summed E-state index contributed by atoms with van der Waals surface area (Å²) in [5, 5.41) is 0.845. The highest BCUT2D eigenvalue weighted by Gasteiger charge is 2.35. The molecule has 31 heavy (non-hydrogen) atoms. The van der Waals surface area contributed by atoms with Crippen LogP contribution in [0.15, 0.2) is 40.6 Å². The molecular weight excluding hydrogens is 528 g/mol. The molecule has 1 heterocycles. The summed E-state index contributed by atoms with van der Waals surface area (Å²) in [6.07, 6.45) is -6.22. The van der Waals surface area contributed by atoms with Crippen LogP contribution in [0.4, 0.5) is 17.6 Å². The van der Waals surface area contributed by atoms with Crippen molar-refractivity contribution < 1.29 is 40.0 Å². The topological polar surface area (TPSA) is 92.7 Å². The molecule has 0 saturated heterocycles. The number of sulfonamides is 1. The van der Waals surface area contributed by atoms with E-state index in [2.05, 4.69) is 4.52 Å². The van der Waals surface area contributed by atoms with Crippen LogP contribution in [0.3, 0.4) is 0 Å². The van der Waals surface area contributed by atoms with E-state index in [9.17, 15) is 35.4 Å². The van der Waals surface area contributed by atoms with E-state index in [0.29, 0.717) is 22.2 Å². The number of thiophene rings is 1. The molecule has 168 valence electrons. The zero-order valence-corrected chi connectivity index (χ0v) is 18.8. The van der Waals surface area contributed by atoms with Gasteiger partial charge in [0, 0.05) is 10.4 Å². The number of fused-ring (bicyclic) bond motifs is 1. The predicted octanol–water partition coefficient (Wildman–Crippen LogP) is 5.87. The highest BCUT2D eigenvalue weighted by Crippen LogP contribution is 2.44. The van der Waals surface area contributed by atoms with E-state index in [4.69, 9.17) is 23.2 Å². The van der Waals surface area contributed by atoms with Crippen molar-refractivity contribution in [3.8, 4) is 5.75 Å². The van der Waals surface area contributed by atoms with Gasteiger partial charge >= 0.3 is 13.8 Å². The third-order valence-electron chi connectivity index (χ3n) is 3.77. The molecule has 1 unspecified atom stereocenters. The first kappa shape index (κ1) is 24.2. The van der Waals surface area contributed by atoms with Gasteiger partial charge in [0.15, 0.2) is 0 Å². The number of alkyl halides is 3. The first-order valence-corrected chi connectivity index (χ1v) is 12.8.